The minimum atomic E-state index is 0.793. The van der Waals surface area contributed by atoms with E-state index in [2.05, 4.69) is 48.4 Å². The summed E-state index contributed by atoms with van der Waals surface area (Å²) >= 11 is 0. The Morgan fingerprint density at radius 3 is 2.78 bits per heavy atom. The van der Waals surface area contributed by atoms with Crippen LogP contribution in [0, 0.1) is 5.92 Å². The van der Waals surface area contributed by atoms with E-state index in [0.29, 0.717) is 0 Å². The maximum absolute atomic E-state index is 4.17. The summed E-state index contributed by atoms with van der Waals surface area (Å²) < 4.78 is 0. The molecule has 96 valence electrons. The summed E-state index contributed by atoms with van der Waals surface area (Å²) in [5.74, 6) is 0.793. The van der Waals surface area contributed by atoms with Gasteiger partial charge in [-0.25, -0.2) is 0 Å². The first-order valence-electron chi connectivity index (χ1n) is 6.87. The zero-order valence-corrected chi connectivity index (χ0v) is 11.3. The summed E-state index contributed by atoms with van der Waals surface area (Å²) in [6.07, 6.45) is 6.30. The van der Waals surface area contributed by atoms with Gasteiger partial charge in [-0.05, 0) is 29.5 Å². The molecular formula is C16H22N2. The van der Waals surface area contributed by atoms with E-state index in [-0.39, 0.29) is 0 Å². The number of hydrogen-bond donors (Lipinski definition) is 1. The highest BCUT2D eigenvalue weighted by molar-refractivity contribution is 5.84. The first-order chi connectivity index (χ1) is 8.85. The fraction of sp³-hybridized carbons (Fsp3) is 0.438. The summed E-state index contributed by atoms with van der Waals surface area (Å²) in [7, 11) is 0. The molecule has 0 atom stereocenters. The van der Waals surface area contributed by atoms with Gasteiger partial charge < -0.3 is 5.32 Å². The van der Waals surface area contributed by atoms with Crippen LogP contribution in [-0.4, -0.2) is 11.5 Å². The molecule has 2 heteroatoms. The molecule has 1 aromatic heterocycles. The molecule has 0 aliphatic heterocycles. The molecule has 0 bridgehead atoms. The maximum Gasteiger partial charge on any atom is 0.0346 e. The van der Waals surface area contributed by atoms with Gasteiger partial charge in [-0.1, -0.05) is 44.9 Å². The van der Waals surface area contributed by atoms with Crippen LogP contribution in [0.15, 0.2) is 36.7 Å². The SMILES string of the molecule is CCC(CC)CNCc1cccc2cnccc12. The van der Waals surface area contributed by atoms with Crippen molar-refractivity contribution >= 4 is 10.8 Å². The molecule has 0 amide bonds. The second-order valence-corrected chi connectivity index (χ2v) is 4.83. The largest absolute Gasteiger partial charge is 0.312 e. The fourth-order valence-electron chi connectivity index (χ4n) is 2.33. The molecular weight excluding hydrogens is 220 g/mol. The molecule has 0 saturated heterocycles. The van der Waals surface area contributed by atoms with Gasteiger partial charge in [0.1, 0.15) is 0 Å². The molecule has 18 heavy (non-hydrogen) atoms. The number of pyridine rings is 1. The molecule has 0 radical (unpaired) electrons. The lowest BCUT2D eigenvalue weighted by atomic mass is 10.0. The van der Waals surface area contributed by atoms with Crippen LogP contribution in [0.3, 0.4) is 0 Å². The van der Waals surface area contributed by atoms with Crippen molar-refractivity contribution in [3.05, 3.63) is 42.2 Å². The number of fused-ring (bicyclic) bond motifs is 1. The van der Waals surface area contributed by atoms with E-state index in [1.165, 1.54) is 29.2 Å². The molecule has 2 aromatic rings. The molecule has 0 unspecified atom stereocenters. The molecule has 0 aliphatic rings. The summed E-state index contributed by atoms with van der Waals surface area (Å²) in [6.45, 7) is 6.57. The average Bonchev–Trinajstić information content (AvgIpc) is 2.44. The molecule has 1 aromatic carbocycles. The highest BCUT2D eigenvalue weighted by Gasteiger charge is 2.04. The molecule has 2 rings (SSSR count). The van der Waals surface area contributed by atoms with Crippen LogP contribution in [0.1, 0.15) is 32.3 Å². The van der Waals surface area contributed by atoms with Gasteiger partial charge in [-0.3, -0.25) is 4.98 Å². The van der Waals surface area contributed by atoms with Crippen LogP contribution in [0.2, 0.25) is 0 Å². The second kappa shape index (κ2) is 6.50. The zero-order chi connectivity index (χ0) is 12.8. The third kappa shape index (κ3) is 3.08. The summed E-state index contributed by atoms with van der Waals surface area (Å²) in [4.78, 5) is 4.17. The van der Waals surface area contributed by atoms with E-state index in [1.54, 1.807) is 0 Å². The van der Waals surface area contributed by atoms with E-state index in [1.807, 2.05) is 12.4 Å². The quantitative estimate of drug-likeness (QED) is 0.834. The lowest BCUT2D eigenvalue weighted by Gasteiger charge is -2.14. The topological polar surface area (TPSA) is 24.9 Å². The van der Waals surface area contributed by atoms with Crippen molar-refractivity contribution in [3.8, 4) is 0 Å². The highest BCUT2D eigenvalue weighted by Crippen LogP contribution is 2.17. The van der Waals surface area contributed by atoms with Crippen molar-refractivity contribution in [2.75, 3.05) is 6.54 Å². The predicted molar refractivity (Wildman–Crippen MR) is 77.5 cm³/mol. The van der Waals surface area contributed by atoms with Crippen molar-refractivity contribution in [1.82, 2.24) is 10.3 Å². The van der Waals surface area contributed by atoms with Crippen molar-refractivity contribution in [3.63, 3.8) is 0 Å². The van der Waals surface area contributed by atoms with Crippen LogP contribution in [0.25, 0.3) is 10.8 Å². The predicted octanol–water partition coefficient (Wildman–Crippen LogP) is 3.76. The van der Waals surface area contributed by atoms with E-state index in [0.717, 1.165) is 19.0 Å². The number of aromatic nitrogens is 1. The standard InChI is InChI=1S/C16H22N2/c1-3-13(4-2)10-18-12-15-7-5-6-14-11-17-9-8-16(14)15/h5-9,11,13,18H,3-4,10,12H2,1-2H3. The Balaban J connectivity index is 2.03. The lowest BCUT2D eigenvalue weighted by Crippen LogP contribution is -2.21. The molecule has 0 fully saturated rings. The van der Waals surface area contributed by atoms with Gasteiger partial charge in [0.05, 0.1) is 0 Å². The van der Waals surface area contributed by atoms with Crippen LogP contribution < -0.4 is 5.32 Å². The van der Waals surface area contributed by atoms with Crippen molar-refractivity contribution in [2.24, 2.45) is 5.92 Å². The number of nitrogens with zero attached hydrogens (tertiary/aromatic N) is 1. The number of hydrogen-bond acceptors (Lipinski definition) is 2. The fourth-order valence-corrected chi connectivity index (χ4v) is 2.33. The Hall–Kier alpha value is -1.41. The Bertz CT molecular complexity index is 484. The number of benzene rings is 1. The monoisotopic (exact) mass is 242 g/mol. The van der Waals surface area contributed by atoms with Gasteiger partial charge in [-0.15, -0.1) is 0 Å². The molecule has 0 saturated carbocycles. The minimum absolute atomic E-state index is 0.793. The number of nitrogens with one attached hydrogen (secondary N) is 1. The van der Waals surface area contributed by atoms with E-state index in [9.17, 15) is 0 Å². The summed E-state index contributed by atoms with van der Waals surface area (Å²) in [5.41, 5.74) is 1.36. The van der Waals surface area contributed by atoms with Crippen molar-refractivity contribution < 1.29 is 0 Å². The second-order valence-electron chi connectivity index (χ2n) is 4.83. The van der Waals surface area contributed by atoms with E-state index >= 15 is 0 Å². The van der Waals surface area contributed by atoms with Gasteiger partial charge in [0.15, 0.2) is 0 Å². The van der Waals surface area contributed by atoms with Crippen molar-refractivity contribution in [1.29, 1.82) is 0 Å². The zero-order valence-electron chi connectivity index (χ0n) is 11.3. The Morgan fingerprint density at radius 1 is 1.17 bits per heavy atom. The lowest BCUT2D eigenvalue weighted by molar-refractivity contribution is 0.450. The minimum Gasteiger partial charge on any atom is -0.312 e. The van der Waals surface area contributed by atoms with E-state index in [4.69, 9.17) is 0 Å². The Morgan fingerprint density at radius 2 is 2.00 bits per heavy atom. The van der Waals surface area contributed by atoms with Crippen LogP contribution in [-0.2, 0) is 6.54 Å². The van der Waals surface area contributed by atoms with Gasteiger partial charge in [0.25, 0.3) is 0 Å². The van der Waals surface area contributed by atoms with Crippen LogP contribution in [0.5, 0.6) is 0 Å². The third-order valence-corrected chi connectivity index (χ3v) is 3.67. The van der Waals surface area contributed by atoms with Crippen LogP contribution >= 0.6 is 0 Å². The summed E-state index contributed by atoms with van der Waals surface area (Å²) in [5, 5.41) is 6.11. The smallest absolute Gasteiger partial charge is 0.0346 e. The van der Waals surface area contributed by atoms with Crippen LogP contribution in [0.4, 0.5) is 0 Å². The molecule has 0 aliphatic carbocycles. The van der Waals surface area contributed by atoms with E-state index < -0.39 is 0 Å². The average molecular weight is 242 g/mol. The molecule has 1 heterocycles. The third-order valence-electron chi connectivity index (χ3n) is 3.67. The van der Waals surface area contributed by atoms with Gasteiger partial charge in [0.2, 0.25) is 0 Å². The van der Waals surface area contributed by atoms with Gasteiger partial charge >= 0.3 is 0 Å². The highest BCUT2D eigenvalue weighted by atomic mass is 14.9. The maximum atomic E-state index is 4.17. The van der Waals surface area contributed by atoms with Crippen molar-refractivity contribution in [2.45, 2.75) is 33.2 Å². The molecule has 0 spiro atoms. The molecule has 2 nitrogen and oxygen atoms in total. The Kier molecular flexibility index (Phi) is 4.71. The van der Waals surface area contributed by atoms with Gasteiger partial charge in [-0.2, -0.15) is 0 Å². The van der Waals surface area contributed by atoms with Gasteiger partial charge in [0, 0.05) is 24.3 Å². The summed E-state index contributed by atoms with van der Waals surface area (Å²) in [6, 6.07) is 8.52. The molecule has 1 N–H and O–H groups in total. The Labute approximate surface area is 109 Å². The first kappa shape index (κ1) is 13.0. The first-order valence-corrected chi connectivity index (χ1v) is 6.87. The number of rotatable bonds is 6. The normalized spacial score (nSPS) is 11.3.